The molecule has 0 radical (unpaired) electrons. The summed E-state index contributed by atoms with van der Waals surface area (Å²) < 4.78 is 29.2. The Morgan fingerprint density at radius 2 is 1.79 bits per heavy atom. The second-order valence-corrected chi connectivity index (χ2v) is 7.45. The average Bonchev–Trinajstić information content (AvgIpc) is 3.13. The summed E-state index contributed by atoms with van der Waals surface area (Å²) in [6.07, 6.45) is 0. The summed E-state index contributed by atoms with van der Waals surface area (Å²) in [6.45, 7) is 1.82. The minimum atomic E-state index is -3.86. The molecule has 0 saturated carbocycles. The van der Waals surface area contributed by atoms with Crippen LogP contribution in [0.25, 0.3) is 16.9 Å². The fourth-order valence-electron chi connectivity index (χ4n) is 2.60. The highest BCUT2D eigenvalue weighted by Crippen LogP contribution is 2.25. The van der Waals surface area contributed by atoms with E-state index in [0.717, 1.165) is 0 Å². The molecule has 11 heteroatoms. The molecule has 2 N–H and O–H groups in total. The van der Waals surface area contributed by atoms with Gasteiger partial charge in [-0.25, -0.2) is 23.0 Å². The molecule has 0 fully saturated rings. The van der Waals surface area contributed by atoms with E-state index in [4.69, 9.17) is 9.88 Å². The van der Waals surface area contributed by atoms with Crippen LogP contribution in [0.4, 0.5) is 5.69 Å². The van der Waals surface area contributed by atoms with Crippen LogP contribution in [0, 0.1) is 10.1 Å². The van der Waals surface area contributed by atoms with Gasteiger partial charge in [-0.15, -0.1) is 0 Å². The number of carbonyl (C=O) groups excluding carboxylic acids is 1. The highest BCUT2D eigenvalue weighted by Gasteiger charge is 2.19. The van der Waals surface area contributed by atoms with Crippen molar-refractivity contribution in [1.29, 1.82) is 0 Å². The number of aromatic nitrogens is 2. The van der Waals surface area contributed by atoms with Crippen molar-refractivity contribution in [2.24, 2.45) is 5.14 Å². The molecule has 0 aliphatic heterocycles. The molecule has 3 aromatic rings. The first-order chi connectivity index (χ1) is 13.7. The highest BCUT2D eigenvalue weighted by atomic mass is 32.2. The van der Waals surface area contributed by atoms with Gasteiger partial charge in [0, 0.05) is 17.7 Å². The lowest BCUT2D eigenvalue weighted by atomic mass is 10.1. The number of nitro benzene ring substituents is 1. The van der Waals surface area contributed by atoms with Crippen molar-refractivity contribution in [3.05, 3.63) is 70.4 Å². The van der Waals surface area contributed by atoms with Gasteiger partial charge in [-0.2, -0.15) is 5.10 Å². The van der Waals surface area contributed by atoms with Crippen LogP contribution < -0.4 is 5.14 Å². The van der Waals surface area contributed by atoms with Crippen LogP contribution in [0.1, 0.15) is 17.4 Å². The Labute approximate surface area is 165 Å². The summed E-state index contributed by atoms with van der Waals surface area (Å²) in [7, 11) is -3.86. The van der Waals surface area contributed by atoms with E-state index in [1.54, 1.807) is 6.92 Å². The molecule has 0 amide bonds. The molecule has 3 rings (SSSR count). The van der Waals surface area contributed by atoms with Crippen molar-refractivity contribution < 1.29 is 22.9 Å². The molecular formula is C18H16N4O6S. The van der Waals surface area contributed by atoms with E-state index in [2.05, 4.69) is 5.10 Å². The molecule has 0 aliphatic carbocycles. The average molecular weight is 416 g/mol. The topological polar surface area (TPSA) is 147 Å². The zero-order valence-electron chi connectivity index (χ0n) is 15.2. The number of sulfonamides is 1. The number of nitrogens with zero attached hydrogens (tertiary/aromatic N) is 3. The van der Waals surface area contributed by atoms with Crippen molar-refractivity contribution in [2.75, 3.05) is 6.61 Å². The first-order valence-corrected chi connectivity index (χ1v) is 9.90. The molecular weight excluding hydrogens is 400 g/mol. The second kappa shape index (κ2) is 7.81. The summed E-state index contributed by atoms with van der Waals surface area (Å²) in [6, 6.07) is 12.7. The van der Waals surface area contributed by atoms with Gasteiger partial charge >= 0.3 is 5.97 Å². The third-order valence-electron chi connectivity index (χ3n) is 3.98. The molecule has 1 heterocycles. The minimum Gasteiger partial charge on any atom is -0.461 e. The smallest absolute Gasteiger partial charge is 0.357 e. The molecule has 10 nitrogen and oxygen atoms in total. The number of carbonyl (C=O) groups is 1. The Bertz CT molecular complexity index is 1170. The van der Waals surface area contributed by atoms with Gasteiger partial charge in [-0.3, -0.25) is 10.1 Å². The van der Waals surface area contributed by atoms with Crippen LogP contribution in [0.5, 0.6) is 0 Å². The summed E-state index contributed by atoms with van der Waals surface area (Å²) >= 11 is 0. The number of nitro groups is 1. The Kier molecular flexibility index (Phi) is 5.43. The van der Waals surface area contributed by atoms with Crippen LogP contribution in [0.3, 0.4) is 0 Å². The number of nitrogens with two attached hydrogens (primary N) is 1. The number of hydrogen-bond acceptors (Lipinski definition) is 7. The lowest BCUT2D eigenvalue weighted by Gasteiger charge is -2.07. The Balaban J connectivity index is 2.08. The van der Waals surface area contributed by atoms with Crippen molar-refractivity contribution in [2.45, 2.75) is 11.8 Å². The molecule has 0 atom stereocenters. The van der Waals surface area contributed by atoms with Gasteiger partial charge in [0.05, 0.1) is 27.8 Å². The molecule has 2 aromatic carbocycles. The lowest BCUT2D eigenvalue weighted by molar-refractivity contribution is -0.384. The van der Waals surface area contributed by atoms with Crippen molar-refractivity contribution in [1.82, 2.24) is 9.78 Å². The van der Waals surface area contributed by atoms with Crippen LogP contribution >= 0.6 is 0 Å². The van der Waals surface area contributed by atoms with Crippen molar-refractivity contribution >= 4 is 21.7 Å². The Morgan fingerprint density at radius 1 is 1.17 bits per heavy atom. The van der Waals surface area contributed by atoms with Crippen LogP contribution in [-0.2, 0) is 14.8 Å². The zero-order chi connectivity index (χ0) is 21.2. The number of benzene rings is 2. The normalized spacial score (nSPS) is 11.2. The maximum Gasteiger partial charge on any atom is 0.357 e. The number of primary sulfonamides is 1. The summed E-state index contributed by atoms with van der Waals surface area (Å²) in [5.41, 5.74) is 1.40. The van der Waals surface area contributed by atoms with Crippen LogP contribution in [0.2, 0.25) is 0 Å². The van der Waals surface area contributed by atoms with Gasteiger partial charge in [0.25, 0.3) is 5.69 Å². The van der Waals surface area contributed by atoms with E-state index in [-0.39, 0.29) is 22.9 Å². The number of non-ortho nitro benzene ring substituents is 1. The largest absolute Gasteiger partial charge is 0.461 e. The molecule has 29 heavy (non-hydrogen) atoms. The van der Waals surface area contributed by atoms with Crippen molar-refractivity contribution in [3.8, 4) is 16.9 Å². The van der Waals surface area contributed by atoms with Gasteiger partial charge in [0.2, 0.25) is 10.0 Å². The fourth-order valence-corrected chi connectivity index (χ4v) is 3.12. The predicted molar refractivity (Wildman–Crippen MR) is 103 cm³/mol. The number of rotatable bonds is 6. The Hall–Kier alpha value is -3.57. The first-order valence-electron chi connectivity index (χ1n) is 8.36. The first kappa shape index (κ1) is 20.2. The number of esters is 1. The third kappa shape index (κ3) is 4.31. The molecule has 0 spiro atoms. The number of ether oxygens (including phenoxy) is 1. The van der Waals surface area contributed by atoms with Gasteiger partial charge in [-0.1, -0.05) is 0 Å². The quantitative estimate of drug-likeness (QED) is 0.368. The standard InChI is InChI=1S/C18H16N4O6S/c1-2-28-18(23)17-11-16(12-3-5-14(6-4-12)22(24)25)20-21(17)13-7-9-15(10-8-13)29(19,26)27/h3-11H,2H2,1H3,(H2,19,26,27). The van der Waals surface area contributed by atoms with E-state index < -0.39 is 20.9 Å². The molecule has 0 saturated heterocycles. The van der Waals surface area contributed by atoms with E-state index in [1.807, 2.05) is 0 Å². The van der Waals surface area contributed by atoms with Gasteiger partial charge < -0.3 is 4.74 Å². The highest BCUT2D eigenvalue weighted by molar-refractivity contribution is 7.89. The fraction of sp³-hybridized carbons (Fsp3) is 0.111. The van der Waals surface area contributed by atoms with E-state index in [0.29, 0.717) is 16.9 Å². The SMILES string of the molecule is CCOC(=O)c1cc(-c2ccc([N+](=O)[O-])cc2)nn1-c1ccc(S(N)(=O)=O)cc1. The molecule has 0 bridgehead atoms. The summed E-state index contributed by atoms with van der Waals surface area (Å²) in [5.74, 6) is -0.622. The maximum absolute atomic E-state index is 12.4. The monoisotopic (exact) mass is 416 g/mol. The molecule has 1 aromatic heterocycles. The lowest BCUT2D eigenvalue weighted by Crippen LogP contribution is -2.13. The maximum atomic E-state index is 12.4. The van der Waals surface area contributed by atoms with Gasteiger partial charge in [-0.05, 0) is 49.4 Å². The van der Waals surface area contributed by atoms with E-state index in [9.17, 15) is 23.3 Å². The Morgan fingerprint density at radius 3 is 2.31 bits per heavy atom. The van der Waals surface area contributed by atoms with E-state index in [1.165, 1.54) is 59.3 Å². The minimum absolute atomic E-state index is 0.0719. The van der Waals surface area contributed by atoms with Gasteiger partial charge in [0.15, 0.2) is 5.69 Å². The predicted octanol–water partition coefficient (Wildman–Crippen LogP) is 2.27. The van der Waals surface area contributed by atoms with Crippen LogP contribution in [-0.4, -0.2) is 35.7 Å². The number of hydrogen-bond donors (Lipinski definition) is 1. The molecule has 0 aliphatic rings. The summed E-state index contributed by atoms with van der Waals surface area (Å²) in [5, 5.41) is 20.3. The van der Waals surface area contributed by atoms with Crippen LogP contribution in [0.15, 0.2) is 59.5 Å². The molecule has 150 valence electrons. The van der Waals surface area contributed by atoms with Crippen molar-refractivity contribution in [3.63, 3.8) is 0 Å². The van der Waals surface area contributed by atoms with E-state index >= 15 is 0 Å². The zero-order valence-corrected chi connectivity index (χ0v) is 16.0. The molecule has 0 unspecified atom stereocenters. The second-order valence-electron chi connectivity index (χ2n) is 5.89. The van der Waals surface area contributed by atoms with Gasteiger partial charge in [0.1, 0.15) is 0 Å². The third-order valence-corrected chi connectivity index (χ3v) is 4.91. The summed E-state index contributed by atoms with van der Waals surface area (Å²) in [4.78, 5) is 22.6.